The number of nitrogens with two attached hydrogens (primary N) is 1. The van der Waals surface area contributed by atoms with Crippen molar-refractivity contribution in [3.8, 4) is 0 Å². The fourth-order valence-electron chi connectivity index (χ4n) is 4.15. The van der Waals surface area contributed by atoms with Gasteiger partial charge in [-0.25, -0.2) is 18.4 Å². The first-order valence-corrected chi connectivity index (χ1v) is 10.1. The lowest BCUT2D eigenvalue weighted by Gasteiger charge is -2.33. The van der Waals surface area contributed by atoms with Crippen LogP contribution >= 0.6 is 0 Å². The van der Waals surface area contributed by atoms with Crippen LogP contribution in [0.25, 0.3) is 0 Å². The Morgan fingerprint density at radius 1 is 1.24 bits per heavy atom. The molecule has 1 amide bonds. The summed E-state index contributed by atoms with van der Waals surface area (Å²) in [5, 5.41) is 14.6. The van der Waals surface area contributed by atoms with Crippen molar-refractivity contribution in [3.05, 3.63) is 35.4 Å². The Morgan fingerprint density at radius 3 is 2.64 bits per heavy atom. The van der Waals surface area contributed by atoms with Crippen molar-refractivity contribution in [2.24, 2.45) is 11.1 Å². The zero-order valence-corrected chi connectivity index (χ0v) is 14.6. The fourth-order valence-corrected chi connectivity index (χ4v) is 4.79. The van der Waals surface area contributed by atoms with E-state index < -0.39 is 22.0 Å². The van der Waals surface area contributed by atoms with Crippen LogP contribution in [0.4, 0.5) is 0 Å². The van der Waals surface area contributed by atoms with Crippen LogP contribution in [0, 0.1) is 5.92 Å². The third-order valence-corrected chi connectivity index (χ3v) is 5.89. The van der Waals surface area contributed by atoms with Crippen LogP contribution in [0.1, 0.15) is 48.0 Å². The second-order valence-electron chi connectivity index (χ2n) is 6.92. The van der Waals surface area contributed by atoms with E-state index in [1.807, 2.05) is 0 Å². The first kappa shape index (κ1) is 17.9. The molecular formula is C17H22N2O5S. The molecule has 0 spiro atoms. The number of carboxylic acid groups (broad SMARTS) is 1. The highest BCUT2D eigenvalue weighted by molar-refractivity contribution is 7.88. The Balaban J connectivity index is 1.90. The topological polar surface area (TPSA) is 118 Å². The quantitative estimate of drug-likeness (QED) is 0.833. The van der Waals surface area contributed by atoms with Gasteiger partial charge in [0.15, 0.2) is 0 Å². The molecule has 3 N–H and O–H groups in total. The Kier molecular flexibility index (Phi) is 4.83. The van der Waals surface area contributed by atoms with Crippen LogP contribution in [0.15, 0.2) is 24.3 Å². The Hall–Kier alpha value is -1.93. The van der Waals surface area contributed by atoms with E-state index in [1.165, 1.54) is 11.0 Å². The van der Waals surface area contributed by atoms with Crippen LogP contribution in [-0.4, -0.2) is 42.4 Å². The summed E-state index contributed by atoms with van der Waals surface area (Å²) >= 11 is 0. The third kappa shape index (κ3) is 3.85. The average Bonchev–Trinajstić information content (AvgIpc) is 2.92. The monoisotopic (exact) mass is 366 g/mol. The second-order valence-corrected chi connectivity index (χ2v) is 8.54. The predicted octanol–water partition coefficient (Wildman–Crippen LogP) is 1.33. The molecule has 1 aliphatic heterocycles. The molecule has 0 aromatic heterocycles. The fraction of sp³-hybridized carbons (Fsp3) is 0.529. The number of hydrogen-bond acceptors (Lipinski definition) is 4. The summed E-state index contributed by atoms with van der Waals surface area (Å²) in [5.41, 5.74) is 0.721. The van der Waals surface area contributed by atoms with E-state index in [-0.39, 0.29) is 23.6 Å². The van der Waals surface area contributed by atoms with Crippen molar-refractivity contribution < 1.29 is 23.1 Å². The molecule has 1 saturated heterocycles. The van der Waals surface area contributed by atoms with E-state index in [2.05, 4.69) is 0 Å². The van der Waals surface area contributed by atoms with Gasteiger partial charge in [-0.3, -0.25) is 4.79 Å². The molecular weight excluding hydrogens is 344 g/mol. The molecule has 1 heterocycles. The number of carbonyl (C=O) groups is 2. The molecule has 1 aromatic rings. The molecule has 1 aromatic carbocycles. The zero-order valence-electron chi connectivity index (χ0n) is 13.8. The molecule has 7 nitrogen and oxygen atoms in total. The number of likely N-dealkylation sites (tertiary alicyclic amines) is 1. The van der Waals surface area contributed by atoms with Crippen molar-refractivity contribution in [2.45, 2.75) is 49.9 Å². The lowest BCUT2D eigenvalue weighted by molar-refractivity contribution is -0.141. The summed E-state index contributed by atoms with van der Waals surface area (Å²) in [4.78, 5) is 26.2. The van der Waals surface area contributed by atoms with E-state index in [0.29, 0.717) is 17.5 Å². The number of carbonyl (C=O) groups excluding carboxylic acids is 1. The molecule has 3 atom stereocenters. The van der Waals surface area contributed by atoms with Crippen LogP contribution < -0.4 is 5.14 Å². The van der Waals surface area contributed by atoms with E-state index in [1.54, 1.807) is 18.2 Å². The lowest BCUT2D eigenvalue weighted by atomic mass is 9.84. The van der Waals surface area contributed by atoms with Gasteiger partial charge in [0.05, 0.1) is 5.75 Å². The van der Waals surface area contributed by atoms with Gasteiger partial charge in [0.25, 0.3) is 5.91 Å². The second kappa shape index (κ2) is 6.76. The number of carboxylic acids is 1. The third-order valence-electron chi connectivity index (χ3n) is 5.15. The first-order chi connectivity index (χ1) is 11.8. The van der Waals surface area contributed by atoms with Gasteiger partial charge in [-0.2, -0.15) is 0 Å². The highest BCUT2D eigenvalue weighted by Crippen LogP contribution is 2.40. The van der Waals surface area contributed by atoms with Gasteiger partial charge in [-0.15, -0.1) is 0 Å². The van der Waals surface area contributed by atoms with E-state index >= 15 is 0 Å². The summed E-state index contributed by atoms with van der Waals surface area (Å²) in [7, 11) is -3.70. The molecule has 1 saturated carbocycles. The smallest absolute Gasteiger partial charge is 0.326 e. The van der Waals surface area contributed by atoms with Gasteiger partial charge in [-0.05, 0) is 42.9 Å². The Morgan fingerprint density at radius 2 is 1.96 bits per heavy atom. The Labute approximate surface area is 146 Å². The zero-order chi connectivity index (χ0) is 18.2. The molecule has 2 aliphatic rings. The van der Waals surface area contributed by atoms with Crippen LogP contribution in [0.3, 0.4) is 0 Å². The van der Waals surface area contributed by atoms with Crippen LogP contribution in [0.2, 0.25) is 0 Å². The molecule has 2 fully saturated rings. The molecule has 8 heteroatoms. The SMILES string of the molecule is NS(=O)(=O)Cc1cccc(C(=O)N2[C@@H]3CCCC[C@@H]3C[C@H]2C(=O)O)c1. The molecule has 0 bridgehead atoms. The molecule has 0 unspecified atom stereocenters. The molecule has 1 aliphatic carbocycles. The number of nitrogens with zero attached hydrogens (tertiary/aromatic N) is 1. The van der Waals surface area contributed by atoms with E-state index in [9.17, 15) is 23.1 Å². The maximum atomic E-state index is 13.0. The Bertz CT molecular complexity index is 792. The summed E-state index contributed by atoms with van der Waals surface area (Å²) in [6.45, 7) is 0. The van der Waals surface area contributed by atoms with Crippen LogP contribution in [0.5, 0.6) is 0 Å². The maximum Gasteiger partial charge on any atom is 0.326 e. The van der Waals surface area contributed by atoms with Crippen molar-refractivity contribution in [2.75, 3.05) is 0 Å². The van der Waals surface area contributed by atoms with Gasteiger partial charge in [-0.1, -0.05) is 25.0 Å². The van der Waals surface area contributed by atoms with Gasteiger partial charge in [0.2, 0.25) is 10.0 Å². The molecule has 25 heavy (non-hydrogen) atoms. The summed E-state index contributed by atoms with van der Waals surface area (Å²) in [6, 6.07) is 5.39. The largest absolute Gasteiger partial charge is 0.480 e. The van der Waals surface area contributed by atoms with E-state index in [0.717, 1.165) is 25.7 Å². The number of aliphatic carboxylic acids is 1. The van der Waals surface area contributed by atoms with Gasteiger partial charge < -0.3 is 10.0 Å². The number of sulfonamides is 1. The first-order valence-electron chi connectivity index (χ1n) is 8.41. The van der Waals surface area contributed by atoms with Crippen LogP contribution in [-0.2, 0) is 20.6 Å². The van der Waals surface area contributed by atoms with Crippen molar-refractivity contribution in [1.82, 2.24) is 4.90 Å². The number of benzene rings is 1. The summed E-state index contributed by atoms with van der Waals surface area (Å²) in [6.07, 6.45) is 4.31. The highest BCUT2D eigenvalue weighted by Gasteiger charge is 2.47. The summed E-state index contributed by atoms with van der Waals surface area (Å²) < 4.78 is 22.5. The number of hydrogen-bond donors (Lipinski definition) is 2. The summed E-state index contributed by atoms with van der Waals surface area (Å²) in [5.74, 6) is -1.46. The van der Waals surface area contributed by atoms with E-state index in [4.69, 9.17) is 5.14 Å². The predicted molar refractivity (Wildman–Crippen MR) is 91.2 cm³/mol. The van der Waals surface area contributed by atoms with Crippen molar-refractivity contribution >= 4 is 21.9 Å². The average molecular weight is 366 g/mol. The van der Waals surface area contributed by atoms with Gasteiger partial charge in [0, 0.05) is 11.6 Å². The van der Waals surface area contributed by atoms with Crippen molar-refractivity contribution in [3.63, 3.8) is 0 Å². The minimum absolute atomic E-state index is 0.0516. The standard InChI is InChI=1S/C17H22N2O5S/c18-25(23,24)10-11-4-3-6-13(8-11)16(20)19-14-7-2-1-5-12(14)9-15(19)17(21)22/h3-4,6,8,12,14-15H,1-2,5,7,9-10H2,(H,21,22)(H2,18,23,24)/t12-,14-,15+/m1/s1. The highest BCUT2D eigenvalue weighted by atomic mass is 32.2. The minimum Gasteiger partial charge on any atom is -0.480 e. The number of rotatable bonds is 4. The number of primary sulfonamides is 1. The lowest BCUT2D eigenvalue weighted by Crippen LogP contribution is -2.46. The maximum absolute atomic E-state index is 13.0. The number of amides is 1. The molecule has 0 radical (unpaired) electrons. The van der Waals surface area contributed by atoms with Crippen molar-refractivity contribution in [1.29, 1.82) is 0 Å². The molecule has 136 valence electrons. The van der Waals surface area contributed by atoms with Gasteiger partial charge in [0.1, 0.15) is 6.04 Å². The normalized spacial score (nSPS) is 26.3. The van der Waals surface area contributed by atoms with Gasteiger partial charge >= 0.3 is 5.97 Å². The number of fused-ring (bicyclic) bond motifs is 1. The molecule has 3 rings (SSSR count). The minimum atomic E-state index is -3.70.